The third-order valence-electron chi connectivity index (χ3n) is 4.29. The number of carboxylic acid groups (broad SMARTS) is 1. The fraction of sp³-hybridized carbons (Fsp3) is 0.750. The van der Waals surface area contributed by atoms with Gasteiger partial charge < -0.3 is 14.7 Å². The molecule has 8 nitrogen and oxygen atoms in total. The van der Waals surface area contributed by atoms with Gasteiger partial charge >= 0.3 is 12.1 Å². The standard InChI is InChI=1S/C16H24N4O4/c1-16(2,3)24-15(23)19-8-4-5-11(9-19)20-13(10-6-7-10)12(14(21)22)17-18-20/h10-11H,4-9H2,1-3H3,(H,21,22)/t11-/m0/s1. The number of nitrogens with zero attached hydrogens (tertiary/aromatic N) is 4. The summed E-state index contributed by atoms with van der Waals surface area (Å²) in [6, 6.07) is -0.0533. The average molecular weight is 336 g/mol. The Bertz CT molecular complexity index is 645. The molecule has 1 aromatic heterocycles. The zero-order valence-electron chi connectivity index (χ0n) is 14.4. The number of rotatable bonds is 3. The molecule has 0 radical (unpaired) electrons. The minimum absolute atomic E-state index is 0.0480. The van der Waals surface area contributed by atoms with Crippen LogP contribution in [0.25, 0.3) is 0 Å². The van der Waals surface area contributed by atoms with Crippen LogP contribution in [-0.2, 0) is 4.74 Å². The Morgan fingerprint density at radius 1 is 1.25 bits per heavy atom. The summed E-state index contributed by atoms with van der Waals surface area (Å²) in [6.45, 7) is 6.64. The van der Waals surface area contributed by atoms with Gasteiger partial charge in [0.25, 0.3) is 0 Å². The summed E-state index contributed by atoms with van der Waals surface area (Å²) in [5.41, 5.74) is 0.220. The number of ether oxygens (including phenoxy) is 1. The summed E-state index contributed by atoms with van der Waals surface area (Å²) in [7, 11) is 0. The number of carbonyl (C=O) groups is 2. The first-order valence-electron chi connectivity index (χ1n) is 8.42. The maximum atomic E-state index is 12.3. The van der Waals surface area contributed by atoms with Crippen molar-refractivity contribution < 1.29 is 19.4 Å². The van der Waals surface area contributed by atoms with Crippen molar-refractivity contribution in [2.24, 2.45) is 0 Å². The maximum absolute atomic E-state index is 12.3. The number of likely N-dealkylation sites (tertiary alicyclic amines) is 1. The van der Waals surface area contributed by atoms with Crippen LogP contribution in [0.15, 0.2) is 0 Å². The van der Waals surface area contributed by atoms with E-state index < -0.39 is 11.6 Å². The van der Waals surface area contributed by atoms with Crippen molar-refractivity contribution in [3.05, 3.63) is 11.4 Å². The smallest absolute Gasteiger partial charge is 0.410 e. The third kappa shape index (κ3) is 3.52. The van der Waals surface area contributed by atoms with E-state index in [0.29, 0.717) is 18.8 Å². The van der Waals surface area contributed by atoms with E-state index in [1.54, 1.807) is 9.58 Å². The Labute approximate surface area is 140 Å². The zero-order valence-corrected chi connectivity index (χ0v) is 14.4. The van der Waals surface area contributed by atoms with Gasteiger partial charge in [-0.2, -0.15) is 0 Å². The molecule has 2 aliphatic rings. The second-order valence-electron chi connectivity index (χ2n) is 7.57. The monoisotopic (exact) mass is 336 g/mol. The Morgan fingerprint density at radius 3 is 2.54 bits per heavy atom. The number of aromatic nitrogens is 3. The van der Waals surface area contributed by atoms with Gasteiger partial charge in [-0.1, -0.05) is 5.21 Å². The predicted molar refractivity (Wildman–Crippen MR) is 85.0 cm³/mol. The molecule has 8 heteroatoms. The summed E-state index contributed by atoms with van der Waals surface area (Å²) < 4.78 is 7.18. The van der Waals surface area contributed by atoms with Crippen molar-refractivity contribution in [1.29, 1.82) is 0 Å². The van der Waals surface area contributed by atoms with Crippen LogP contribution >= 0.6 is 0 Å². The average Bonchev–Trinajstić information content (AvgIpc) is 3.23. The molecular weight excluding hydrogens is 312 g/mol. The fourth-order valence-electron chi connectivity index (χ4n) is 3.11. The molecule has 0 unspecified atom stereocenters. The lowest BCUT2D eigenvalue weighted by molar-refractivity contribution is 0.0165. The SMILES string of the molecule is CC(C)(C)OC(=O)N1CCC[C@H](n2nnc(C(=O)O)c2C2CC2)C1. The number of aromatic carboxylic acids is 1. The van der Waals surface area contributed by atoms with Gasteiger partial charge in [0.1, 0.15) is 5.60 Å². The molecule has 2 heterocycles. The molecule has 3 rings (SSSR count). The van der Waals surface area contributed by atoms with Crippen LogP contribution in [0.5, 0.6) is 0 Å². The predicted octanol–water partition coefficient (Wildman–Crippen LogP) is 2.43. The van der Waals surface area contributed by atoms with Gasteiger partial charge in [0.05, 0.1) is 11.7 Å². The number of carboxylic acids is 1. The van der Waals surface area contributed by atoms with E-state index in [1.165, 1.54) is 0 Å². The molecule has 2 fully saturated rings. The minimum atomic E-state index is -1.04. The highest BCUT2D eigenvalue weighted by Gasteiger charge is 2.37. The van der Waals surface area contributed by atoms with Crippen LogP contribution in [0.3, 0.4) is 0 Å². The molecule has 1 aromatic rings. The summed E-state index contributed by atoms with van der Waals surface area (Å²) in [5.74, 6) is -0.814. The molecule has 0 bridgehead atoms. The normalized spacial score (nSPS) is 21.6. The largest absolute Gasteiger partial charge is 0.476 e. The van der Waals surface area contributed by atoms with Gasteiger partial charge in [-0.05, 0) is 46.5 Å². The van der Waals surface area contributed by atoms with E-state index >= 15 is 0 Å². The van der Waals surface area contributed by atoms with Crippen LogP contribution in [0.1, 0.15) is 74.6 Å². The highest BCUT2D eigenvalue weighted by Crippen LogP contribution is 2.42. The molecule has 132 valence electrons. The number of carbonyl (C=O) groups excluding carboxylic acids is 1. The molecule has 1 N–H and O–H groups in total. The summed E-state index contributed by atoms with van der Waals surface area (Å²) in [6.07, 6.45) is 3.28. The Kier molecular flexibility index (Phi) is 4.23. The lowest BCUT2D eigenvalue weighted by atomic mass is 10.1. The van der Waals surface area contributed by atoms with Gasteiger partial charge in [-0.3, -0.25) is 0 Å². The van der Waals surface area contributed by atoms with Crippen molar-refractivity contribution in [2.75, 3.05) is 13.1 Å². The van der Waals surface area contributed by atoms with E-state index in [2.05, 4.69) is 10.3 Å². The molecule has 1 amide bonds. The Balaban J connectivity index is 1.78. The van der Waals surface area contributed by atoms with Crippen molar-refractivity contribution in [3.63, 3.8) is 0 Å². The van der Waals surface area contributed by atoms with Gasteiger partial charge in [0, 0.05) is 19.0 Å². The van der Waals surface area contributed by atoms with Crippen molar-refractivity contribution in [2.45, 2.75) is 64.0 Å². The van der Waals surface area contributed by atoms with Crippen molar-refractivity contribution in [1.82, 2.24) is 19.9 Å². The number of piperidine rings is 1. The summed E-state index contributed by atoms with van der Waals surface area (Å²) in [5, 5.41) is 17.3. The van der Waals surface area contributed by atoms with Gasteiger partial charge in [-0.15, -0.1) is 5.10 Å². The van der Waals surface area contributed by atoms with Crippen LogP contribution in [0.2, 0.25) is 0 Å². The highest BCUT2D eigenvalue weighted by molar-refractivity contribution is 5.86. The van der Waals surface area contributed by atoms with Crippen LogP contribution in [-0.4, -0.2) is 55.8 Å². The second kappa shape index (κ2) is 6.07. The molecule has 0 spiro atoms. The van der Waals surface area contributed by atoms with E-state index in [9.17, 15) is 14.7 Å². The number of hydrogen-bond donors (Lipinski definition) is 1. The van der Waals surface area contributed by atoms with Crippen LogP contribution in [0, 0.1) is 0 Å². The Hall–Kier alpha value is -2.12. The molecule has 1 saturated carbocycles. The quantitative estimate of drug-likeness (QED) is 0.910. The zero-order chi connectivity index (χ0) is 17.5. The molecule has 24 heavy (non-hydrogen) atoms. The van der Waals surface area contributed by atoms with Crippen LogP contribution < -0.4 is 0 Å². The molecule has 1 aliphatic heterocycles. The molecule has 0 aromatic carbocycles. The van der Waals surface area contributed by atoms with E-state index in [1.807, 2.05) is 20.8 Å². The number of amides is 1. The fourth-order valence-corrected chi connectivity index (χ4v) is 3.11. The van der Waals surface area contributed by atoms with E-state index in [-0.39, 0.29) is 23.7 Å². The topological polar surface area (TPSA) is 97.5 Å². The first kappa shape index (κ1) is 16.7. The third-order valence-corrected chi connectivity index (χ3v) is 4.29. The van der Waals surface area contributed by atoms with Crippen molar-refractivity contribution >= 4 is 12.1 Å². The molecular formula is C16H24N4O4. The van der Waals surface area contributed by atoms with Gasteiger partial charge in [-0.25, -0.2) is 14.3 Å². The minimum Gasteiger partial charge on any atom is -0.476 e. The first-order chi connectivity index (χ1) is 11.3. The lowest BCUT2D eigenvalue weighted by Gasteiger charge is -2.34. The molecule has 1 atom stereocenters. The molecule has 1 aliphatic carbocycles. The van der Waals surface area contributed by atoms with E-state index in [0.717, 1.165) is 25.7 Å². The Morgan fingerprint density at radius 2 is 1.96 bits per heavy atom. The molecule has 1 saturated heterocycles. The van der Waals surface area contributed by atoms with Crippen molar-refractivity contribution in [3.8, 4) is 0 Å². The van der Waals surface area contributed by atoms with Crippen LogP contribution in [0.4, 0.5) is 4.79 Å². The second-order valence-corrected chi connectivity index (χ2v) is 7.57. The lowest BCUT2D eigenvalue weighted by Crippen LogP contribution is -2.43. The summed E-state index contributed by atoms with van der Waals surface area (Å²) in [4.78, 5) is 25.4. The first-order valence-corrected chi connectivity index (χ1v) is 8.42. The maximum Gasteiger partial charge on any atom is 0.410 e. The van der Waals surface area contributed by atoms with E-state index in [4.69, 9.17) is 4.74 Å². The van der Waals surface area contributed by atoms with Gasteiger partial charge in [0.15, 0.2) is 5.69 Å². The number of hydrogen-bond acceptors (Lipinski definition) is 5. The highest BCUT2D eigenvalue weighted by atomic mass is 16.6. The van der Waals surface area contributed by atoms with Gasteiger partial charge in [0.2, 0.25) is 0 Å². The summed E-state index contributed by atoms with van der Waals surface area (Å²) >= 11 is 0.